The van der Waals surface area contributed by atoms with E-state index >= 15 is 0 Å². The summed E-state index contributed by atoms with van der Waals surface area (Å²) in [5, 5.41) is 0.877. The average Bonchev–Trinajstić information content (AvgIpc) is 2.94. The fraction of sp³-hybridized carbons (Fsp3) is 0.565. The number of aromatic nitrogens is 1. The number of hydrogen-bond acceptors (Lipinski definition) is 3. The zero-order valence-electron chi connectivity index (χ0n) is 16.4. The molecule has 2 aromatic rings. The van der Waals surface area contributed by atoms with Crippen LogP contribution in [0.5, 0.6) is 0 Å². The number of H-pyrrole nitrogens is 1. The van der Waals surface area contributed by atoms with E-state index in [1.54, 1.807) is 6.92 Å². The second kappa shape index (κ2) is 6.09. The molecule has 0 saturated heterocycles. The highest BCUT2D eigenvalue weighted by atomic mass is 35.5. The predicted molar refractivity (Wildman–Crippen MR) is 109 cm³/mol. The summed E-state index contributed by atoms with van der Waals surface area (Å²) in [6.07, 6.45) is 4.84. The lowest BCUT2D eigenvalue weighted by molar-refractivity contribution is -0.172. The molecule has 4 aliphatic carbocycles. The maximum absolute atomic E-state index is 13.2. The largest absolute Gasteiger partial charge is 0.454 e. The molecule has 0 spiro atoms. The Kier molecular flexibility index (Phi) is 3.97. The molecule has 3 atom stereocenters. The molecule has 4 saturated carbocycles. The minimum absolute atomic E-state index is 0.145. The molecule has 1 heterocycles. The van der Waals surface area contributed by atoms with Crippen LogP contribution >= 0.6 is 11.6 Å². The standard InChI is InChI=1S/C23H26ClNO3/c1-13-19(17-5-3-4-6-18(17)25-13)20(26)14(2)28-21(27)22-8-15-7-16(9-22)11-23(24,10-15)12-22/h3-6,14-16,25H,7-12H2,1-2H3. The van der Waals surface area contributed by atoms with Crippen molar-refractivity contribution in [3.8, 4) is 0 Å². The zero-order valence-corrected chi connectivity index (χ0v) is 17.1. The van der Waals surface area contributed by atoms with E-state index in [4.69, 9.17) is 16.3 Å². The highest BCUT2D eigenvalue weighted by molar-refractivity contribution is 6.24. The molecular weight excluding hydrogens is 374 g/mol. The van der Waals surface area contributed by atoms with Gasteiger partial charge in [0.2, 0.25) is 5.78 Å². The maximum atomic E-state index is 13.2. The van der Waals surface area contributed by atoms with Gasteiger partial charge in [-0.3, -0.25) is 9.59 Å². The summed E-state index contributed by atoms with van der Waals surface area (Å²) in [4.78, 5) is 29.4. The molecule has 1 N–H and O–H groups in total. The fourth-order valence-electron chi connectivity index (χ4n) is 6.53. The van der Waals surface area contributed by atoms with Gasteiger partial charge in [-0.25, -0.2) is 0 Å². The van der Waals surface area contributed by atoms with Crippen molar-refractivity contribution in [2.75, 3.05) is 0 Å². The number of rotatable bonds is 4. The number of halogens is 1. The van der Waals surface area contributed by atoms with Crippen molar-refractivity contribution >= 4 is 34.3 Å². The van der Waals surface area contributed by atoms with Crippen LogP contribution in [0.3, 0.4) is 0 Å². The third-order valence-corrected chi connectivity index (χ3v) is 7.66. The maximum Gasteiger partial charge on any atom is 0.312 e. The number of aromatic amines is 1. The van der Waals surface area contributed by atoms with Gasteiger partial charge in [0.15, 0.2) is 6.10 Å². The lowest BCUT2D eigenvalue weighted by atomic mass is 9.49. The second-order valence-corrected chi connectivity index (χ2v) is 10.3. The van der Waals surface area contributed by atoms with Crippen molar-refractivity contribution in [1.82, 2.24) is 4.98 Å². The first-order valence-corrected chi connectivity index (χ1v) is 10.7. The average molecular weight is 400 g/mol. The van der Waals surface area contributed by atoms with Gasteiger partial charge in [0.25, 0.3) is 0 Å². The molecule has 6 rings (SSSR count). The molecular formula is C23H26ClNO3. The Bertz CT molecular complexity index is 963. The minimum Gasteiger partial charge on any atom is -0.454 e. The summed E-state index contributed by atoms with van der Waals surface area (Å²) >= 11 is 6.85. The number of esters is 1. The number of benzene rings is 1. The number of fused-ring (bicyclic) bond motifs is 1. The number of ketones is 1. The summed E-state index contributed by atoms with van der Waals surface area (Å²) in [5.74, 6) is 0.680. The third-order valence-electron chi connectivity index (χ3n) is 7.22. The molecule has 1 aromatic carbocycles. The Morgan fingerprint density at radius 3 is 2.54 bits per heavy atom. The zero-order chi connectivity index (χ0) is 19.7. The molecule has 0 aliphatic heterocycles. The SMILES string of the molecule is Cc1[nH]c2ccccc2c1C(=O)C(C)OC(=O)C12CC3CC(CC(Cl)(C3)C1)C2. The van der Waals surface area contributed by atoms with E-state index in [1.165, 1.54) is 6.42 Å². The van der Waals surface area contributed by atoms with Crippen LogP contribution in [0, 0.1) is 24.2 Å². The smallest absolute Gasteiger partial charge is 0.312 e. The van der Waals surface area contributed by atoms with Crippen molar-refractivity contribution in [1.29, 1.82) is 0 Å². The highest BCUT2D eigenvalue weighted by Gasteiger charge is 2.61. The first-order chi connectivity index (χ1) is 13.3. The molecule has 4 fully saturated rings. The summed E-state index contributed by atoms with van der Waals surface area (Å²) in [5.41, 5.74) is 1.86. The molecule has 0 amide bonds. The van der Waals surface area contributed by atoms with Crippen molar-refractivity contribution in [3.63, 3.8) is 0 Å². The van der Waals surface area contributed by atoms with Crippen LogP contribution in [0.1, 0.15) is 61.5 Å². The van der Waals surface area contributed by atoms with Crippen molar-refractivity contribution < 1.29 is 14.3 Å². The number of nitrogens with one attached hydrogen (secondary N) is 1. The van der Waals surface area contributed by atoms with E-state index in [2.05, 4.69) is 4.98 Å². The van der Waals surface area contributed by atoms with Crippen molar-refractivity contribution in [2.24, 2.45) is 17.3 Å². The van der Waals surface area contributed by atoms with E-state index in [1.807, 2.05) is 31.2 Å². The Hall–Kier alpha value is -1.81. The first kappa shape index (κ1) is 18.2. The lowest BCUT2D eigenvalue weighted by Crippen LogP contribution is -2.56. The Balaban J connectivity index is 1.38. The van der Waals surface area contributed by atoms with Crippen LogP contribution in [-0.4, -0.2) is 27.7 Å². The topological polar surface area (TPSA) is 59.2 Å². The number of alkyl halides is 1. The predicted octanol–water partition coefficient (Wildman–Crippen LogP) is 5.17. The summed E-state index contributed by atoms with van der Waals surface area (Å²) in [7, 11) is 0. The number of ether oxygens (including phenoxy) is 1. The highest BCUT2D eigenvalue weighted by Crippen LogP contribution is 2.64. The lowest BCUT2D eigenvalue weighted by Gasteiger charge is -2.58. The number of Topliss-reactive ketones (excluding diaryl/α,β-unsaturated/α-hetero) is 1. The van der Waals surface area contributed by atoms with Gasteiger partial charge in [-0.1, -0.05) is 18.2 Å². The van der Waals surface area contributed by atoms with E-state index in [-0.39, 0.29) is 16.6 Å². The molecule has 3 unspecified atom stereocenters. The molecule has 1 aromatic heterocycles. The van der Waals surface area contributed by atoms with E-state index in [0.717, 1.165) is 42.3 Å². The Morgan fingerprint density at radius 1 is 1.18 bits per heavy atom. The van der Waals surface area contributed by atoms with Gasteiger partial charge < -0.3 is 9.72 Å². The number of hydrogen-bond donors (Lipinski definition) is 1. The van der Waals surface area contributed by atoms with Crippen LogP contribution in [0.2, 0.25) is 0 Å². The van der Waals surface area contributed by atoms with Crippen molar-refractivity contribution in [3.05, 3.63) is 35.5 Å². The van der Waals surface area contributed by atoms with Gasteiger partial charge in [0.1, 0.15) is 0 Å². The van der Waals surface area contributed by atoms with Gasteiger partial charge in [0, 0.05) is 27.0 Å². The molecule has 5 heteroatoms. The van der Waals surface area contributed by atoms with E-state index in [0.29, 0.717) is 23.8 Å². The minimum atomic E-state index is -0.801. The first-order valence-electron chi connectivity index (χ1n) is 10.3. The number of aryl methyl sites for hydroxylation is 1. The molecule has 148 valence electrons. The van der Waals surface area contributed by atoms with Crippen LogP contribution in [0.4, 0.5) is 0 Å². The Morgan fingerprint density at radius 2 is 1.86 bits per heavy atom. The summed E-state index contributed by atoms with van der Waals surface area (Å²) in [6, 6.07) is 7.73. The van der Waals surface area contributed by atoms with Gasteiger partial charge in [-0.2, -0.15) is 0 Å². The van der Waals surface area contributed by atoms with E-state index < -0.39 is 11.5 Å². The van der Waals surface area contributed by atoms with Crippen LogP contribution < -0.4 is 0 Å². The fourth-order valence-corrected chi connectivity index (χ4v) is 7.22. The van der Waals surface area contributed by atoms with Crippen molar-refractivity contribution in [2.45, 2.75) is 63.4 Å². The molecule has 4 aliphatic rings. The molecule has 0 radical (unpaired) electrons. The monoisotopic (exact) mass is 399 g/mol. The summed E-state index contributed by atoms with van der Waals surface area (Å²) in [6.45, 7) is 3.58. The normalized spacial score (nSPS) is 34.5. The number of para-hydroxylation sites is 1. The third kappa shape index (κ3) is 2.72. The van der Waals surface area contributed by atoms with Gasteiger partial charge in [0.05, 0.1) is 5.41 Å². The second-order valence-electron chi connectivity index (χ2n) is 9.47. The molecule has 4 nitrogen and oxygen atoms in total. The summed E-state index contributed by atoms with van der Waals surface area (Å²) < 4.78 is 5.81. The molecule has 28 heavy (non-hydrogen) atoms. The van der Waals surface area contributed by atoms with Crippen LogP contribution in [-0.2, 0) is 9.53 Å². The van der Waals surface area contributed by atoms with Crippen LogP contribution in [0.25, 0.3) is 10.9 Å². The molecule has 4 bridgehead atoms. The Labute approximate surface area is 170 Å². The number of carbonyl (C=O) groups is 2. The van der Waals surface area contributed by atoms with Gasteiger partial charge in [-0.05, 0) is 70.3 Å². The van der Waals surface area contributed by atoms with E-state index in [9.17, 15) is 9.59 Å². The van der Waals surface area contributed by atoms with Gasteiger partial charge >= 0.3 is 5.97 Å². The van der Waals surface area contributed by atoms with Gasteiger partial charge in [-0.15, -0.1) is 11.6 Å². The number of carbonyl (C=O) groups excluding carboxylic acids is 2. The quantitative estimate of drug-likeness (QED) is 0.438. The van der Waals surface area contributed by atoms with Crippen LogP contribution in [0.15, 0.2) is 24.3 Å².